The number of sulfonamides is 1. The summed E-state index contributed by atoms with van der Waals surface area (Å²) in [6, 6.07) is 13.0. The van der Waals surface area contributed by atoms with E-state index in [9.17, 15) is 30.4 Å². The van der Waals surface area contributed by atoms with Gasteiger partial charge in [0.15, 0.2) is 0 Å². The molecule has 0 saturated carbocycles. The Kier molecular flexibility index (Phi) is 7.47. The summed E-state index contributed by atoms with van der Waals surface area (Å²) in [5.74, 6) is -1.85. The van der Waals surface area contributed by atoms with E-state index >= 15 is 0 Å². The Bertz CT molecular complexity index is 1440. The van der Waals surface area contributed by atoms with E-state index in [0.717, 1.165) is 46.5 Å². The zero-order valence-corrected chi connectivity index (χ0v) is 21.3. The van der Waals surface area contributed by atoms with Crippen LogP contribution in [0.1, 0.15) is 41.0 Å². The van der Waals surface area contributed by atoms with Crippen LogP contribution >= 0.6 is 0 Å². The van der Waals surface area contributed by atoms with Gasteiger partial charge in [-0.15, -0.1) is 13.2 Å². The van der Waals surface area contributed by atoms with E-state index in [1.807, 2.05) is 0 Å². The molecule has 206 valence electrons. The number of aryl methyl sites for hydroxylation is 2. The molecule has 5 nitrogen and oxygen atoms in total. The fourth-order valence-corrected chi connectivity index (χ4v) is 6.22. The molecule has 5 rings (SSSR count). The summed E-state index contributed by atoms with van der Waals surface area (Å²) >= 11 is 0. The Labute approximate surface area is 222 Å². The molecule has 0 aromatic heterocycles. The highest BCUT2D eigenvalue weighted by Gasteiger charge is 2.35. The summed E-state index contributed by atoms with van der Waals surface area (Å²) in [6.45, 7) is 0.328. The van der Waals surface area contributed by atoms with Crippen molar-refractivity contribution in [2.45, 2.75) is 49.0 Å². The number of hydrogen-bond donors (Lipinski definition) is 0. The van der Waals surface area contributed by atoms with Crippen LogP contribution in [0.5, 0.6) is 5.75 Å². The van der Waals surface area contributed by atoms with Gasteiger partial charge in [-0.1, -0.05) is 12.1 Å². The third-order valence-corrected chi connectivity index (χ3v) is 8.30. The zero-order chi connectivity index (χ0) is 27.8. The predicted molar refractivity (Wildman–Crippen MR) is 133 cm³/mol. The molecule has 1 heterocycles. The van der Waals surface area contributed by atoms with Crippen LogP contribution in [0, 0.1) is 17.6 Å². The van der Waals surface area contributed by atoms with Crippen LogP contribution in [0.2, 0.25) is 0 Å². The van der Waals surface area contributed by atoms with Gasteiger partial charge in [-0.05, 0) is 102 Å². The first kappa shape index (κ1) is 27.3. The molecule has 3 aromatic rings. The van der Waals surface area contributed by atoms with E-state index in [0.29, 0.717) is 32.3 Å². The van der Waals surface area contributed by atoms with Crippen LogP contribution in [0.3, 0.4) is 0 Å². The minimum atomic E-state index is -4.89. The molecule has 1 unspecified atom stereocenters. The van der Waals surface area contributed by atoms with Crippen LogP contribution in [-0.4, -0.2) is 33.7 Å². The fourth-order valence-electron chi connectivity index (χ4n) is 5.29. The van der Waals surface area contributed by atoms with Gasteiger partial charge in [0, 0.05) is 18.7 Å². The second kappa shape index (κ2) is 10.7. The largest absolute Gasteiger partial charge is 0.573 e. The molecule has 0 radical (unpaired) electrons. The third-order valence-electron chi connectivity index (χ3n) is 7.04. The van der Waals surface area contributed by atoms with Gasteiger partial charge >= 0.3 is 6.36 Å². The summed E-state index contributed by atoms with van der Waals surface area (Å²) in [5.41, 5.74) is 3.41. The van der Waals surface area contributed by atoms with E-state index in [1.54, 1.807) is 12.1 Å². The van der Waals surface area contributed by atoms with Crippen molar-refractivity contribution in [3.63, 3.8) is 0 Å². The summed E-state index contributed by atoms with van der Waals surface area (Å²) in [7, 11) is -4.17. The maximum atomic E-state index is 14.1. The van der Waals surface area contributed by atoms with Crippen LogP contribution in [0.4, 0.5) is 22.0 Å². The van der Waals surface area contributed by atoms with Crippen LogP contribution < -0.4 is 4.74 Å². The molecular formula is C28H24F5NO4S. The SMILES string of the molecule is O=S(=O)(N=CC1CCO[C@H](C2c3ccc(F)cc3CCc3cc(F)ccc32)C1)c1ccc(OC(F)(F)F)cc1. The molecule has 2 aliphatic rings. The van der Waals surface area contributed by atoms with Crippen molar-refractivity contribution in [3.8, 4) is 5.75 Å². The number of halogens is 5. The standard InChI is InChI=1S/C28H24F5NO4S/c29-20-3-9-24-18(14-20)1-2-19-15-21(30)4-10-25(19)27(24)26-13-17(11-12-37-26)16-34-39(35,36)23-7-5-22(6-8-23)38-28(31,32)33/h3-10,14-17,26-27H,1-2,11-13H2/t17?,26-/m0/s1. The summed E-state index contributed by atoms with van der Waals surface area (Å²) in [4.78, 5) is -0.271. The molecule has 39 heavy (non-hydrogen) atoms. The number of rotatable bonds is 5. The lowest BCUT2D eigenvalue weighted by Crippen LogP contribution is -2.33. The van der Waals surface area contributed by atoms with Crippen molar-refractivity contribution in [2.24, 2.45) is 10.3 Å². The van der Waals surface area contributed by atoms with E-state index in [1.165, 1.54) is 30.5 Å². The molecule has 2 atom stereocenters. The van der Waals surface area contributed by atoms with Gasteiger partial charge in [0.25, 0.3) is 10.0 Å². The lowest BCUT2D eigenvalue weighted by Gasteiger charge is -2.35. The number of benzene rings is 3. The van der Waals surface area contributed by atoms with Gasteiger partial charge in [0.05, 0.1) is 11.0 Å². The molecule has 1 saturated heterocycles. The van der Waals surface area contributed by atoms with Gasteiger partial charge in [-0.3, -0.25) is 0 Å². The molecule has 3 aromatic carbocycles. The Balaban J connectivity index is 1.38. The van der Waals surface area contributed by atoms with Crippen LogP contribution in [0.25, 0.3) is 0 Å². The maximum Gasteiger partial charge on any atom is 0.573 e. The van der Waals surface area contributed by atoms with Crippen LogP contribution in [0.15, 0.2) is 70.0 Å². The Morgan fingerprint density at radius 3 is 2.05 bits per heavy atom. The van der Waals surface area contributed by atoms with E-state index in [-0.39, 0.29) is 28.4 Å². The minimum absolute atomic E-state index is 0.271. The van der Waals surface area contributed by atoms with Crippen molar-refractivity contribution in [1.82, 2.24) is 0 Å². The first-order valence-electron chi connectivity index (χ1n) is 12.3. The lowest BCUT2D eigenvalue weighted by molar-refractivity contribution is -0.274. The number of alkyl halides is 3. The predicted octanol–water partition coefficient (Wildman–Crippen LogP) is 6.35. The first-order valence-corrected chi connectivity index (χ1v) is 13.8. The second-order valence-electron chi connectivity index (χ2n) is 9.61. The average Bonchev–Trinajstić information content (AvgIpc) is 3.03. The molecular weight excluding hydrogens is 541 g/mol. The topological polar surface area (TPSA) is 65.0 Å². The van der Waals surface area contributed by atoms with Crippen molar-refractivity contribution in [3.05, 3.63) is 94.6 Å². The molecule has 1 fully saturated rings. The van der Waals surface area contributed by atoms with Crippen molar-refractivity contribution < 1.29 is 39.8 Å². The maximum absolute atomic E-state index is 14.1. The zero-order valence-electron chi connectivity index (χ0n) is 20.5. The Morgan fingerprint density at radius 2 is 1.49 bits per heavy atom. The summed E-state index contributed by atoms with van der Waals surface area (Å²) in [5, 5.41) is 0. The summed E-state index contributed by atoms with van der Waals surface area (Å²) < 4.78 is 104. The van der Waals surface area contributed by atoms with Gasteiger partial charge < -0.3 is 9.47 Å². The minimum Gasteiger partial charge on any atom is -0.406 e. The van der Waals surface area contributed by atoms with Crippen LogP contribution in [-0.2, 0) is 27.6 Å². The van der Waals surface area contributed by atoms with Crippen molar-refractivity contribution in [1.29, 1.82) is 0 Å². The molecule has 0 spiro atoms. The Morgan fingerprint density at radius 1 is 0.897 bits per heavy atom. The number of fused-ring (bicyclic) bond motifs is 2. The third kappa shape index (κ3) is 6.30. The number of nitrogens with zero attached hydrogens (tertiary/aromatic N) is 1. The van der Waals surface area contributed by atoms with Gasteiger partial charge in [-0.25, -0.2) is 8.78 Å². The molecule has 1 aliphatic carbocycles. The average molecular weight is 566 g/mol. The monoisotopic (exact) mass is 565 g/mol. The smallest absolute Gasteiger partial charge is 0.406 e. The Hall–Kier alpha value is -3.31. The van der Waals surface area contributed by atoms with Gasteiger partial charge in [0.2, 0.25) is 0 Å². The van der Waals surface area contributed by atoms with E-state index in [4.69, 9.17) is 4.74 Å². The summed E-state index contributed by atoms with van der Waals surface area (Å²) in [6.07, 6.45) is -1.95. The normalized spacial score (nSPS) is 20.3. The van der Waals surface area contributed by atoms with Gasteiger partial charge in [-0.2, -0.15) is 12.8 Å². The van der Waals surface area contributed by atoms with Crippen molar-refractivity contribution in [2.75, 3.05) is 6.61 Å². The number of hydrogen-bond acceptors (Lipinski definition) is 4. The van der Waals surface area contributed by atoms with Gasteiger partial charge in [0.1, 0.15) is 17.4 Å². The van der Waals surface area contributed by atoms with Crippen molar-refractivity contribution >= 4 is 16.2 Å². The highest BCUT2D eigenvalue weighted by molar-refractivity contribution is 7.90. The highest BCUT2D eigenvalue weighted by Crippen LogP contribution is 2.41. The molecule has 0 N–H and O–H groups in total. The number of ether oxygens (including phenoxy) is 2. The quantitative estimate of drug-likeness (QED) is 0.267. The molecule has 0 amide bonds. The second-order valence-corrected chi connectivity index (χ2v) is 11.2. The van der Waals surface area contributed by atoms with E-state index < -0.39 is 28.2 Å². The fraction of sp³-hybridized carbons (Fsp3) is 0.321. The molecule has 0 bridgehead atoms. The molecule has 1 aliphatic heterocycles. The lowest BCUT2D eigenvalue weighted by atomic mass is 9.79. The highest BCUT2D eigenvalue weighted by atomic mass is 32.2. The molecule has 11 heteroatoms. The van der Waals surface area contributed by atoms with E-state index in [2.05, 4.69) is 9.13 Å². The first-order chi connectivity index (χ1) is 18.5.